The molecule has 1 aromatic heterocycles. The molecular formula is C8H13N3OS. The lowest BCUT2D eigenvalue weighted by Gasteiger charge is -2.02. The highest BCUT2D eigenvalue weighted by Gasteiger charge is 2.07. The second kappa shape index (κ2) is 4.32. The molecule has 0 bridgehead atoms. The molecule has 0 atom stereocenters. The first-order chi connectivity index (χ1) is 6.08. The summed E-state index contributed by atoms with van der Waals surface area (Å²) >= 11 is 1.21. The highest BCUT2D eigenvalue weighted by Crippen LogP contribution is 2.11. The first-order valence-electron chi connectivity index (χ1n) is 4.18. The van der Waals surface area contributed by atoms with Gasteiger partial charge < -0.3 is 5.32 Å². The summed E-state index contributed by atoms with van der Waals surface area (Å²) in [6.07, 6.45) is 0.526. The van der Waals surface area contributed by atoms with Crippen molar-refractivity contribution in [1.82, 2.24) is 9.36 Å². The van der Waals surface area contributed by atoms with Crippen LogP contribution in [0.3, 0.4) is 0 Å². The van der Waals surface area contributed by atoms with Crippen molar-refractivity contribution in [3.8, 4) is 0 Å². The second-order valence-corrected chi connectivity index (χ2v) is 4.04. The summed E-state index contributed by atoms with van der Waals surface area (Å²) in [7, 11) is 0. The maximum Gasteiger partial charge on any atom is 0.226 e. The van der Waals surface area contributed by atoms with Crippen LogP contribution in [-0.2, 0) is 4.79 Å². The summed E-state index contributed by atoms with van der Waals surface area (Å²) in [5.74, 6) is 1.07. The molecule has 0 fully saturated rings. The van der Waals surface area contributed by atoms with Gasteiger partial charge in [-0.15, -0.1) is 0 Å². The Morgan fingerprint density at radius 1 is 1.62 bits per heavy atom. The van der Waals surface area contributed by atoms with Gasteiger partial charge in [0.2, 0.25) is 11.0 Å². The Morgan fingerprint density at radius 2 is 2.31 bits per heavy atom. The first kappa shape index (κ1) is 10.1. The zero-order valence-corrected chi connectivity index (χ0v) is 8.81. The zero-order valence-electron chi connectivity index (χ0n) is 8.00. The molecular weight excluding hydrogens is 186 g/mol. The largest absolute Gasteiger partial charge is 0.301 e. The summed E-state index contributed by atoms with van der Waals surface area (Å²) in [5.41, 5.74) is 0. The van der Waals surface area contributed by atoms with Crippen LogP contribution in [0.1, 0.15) is 26.1 Å². The van der Waals surface area contributed by atoms with Crippen molar-refractivity contribution in [2.24, 2.45) is 5.92 Å². The molecule has 13 heavy (non-hydrogen) atoms. The second-order valence-electron chi connectivity index (χ2n) is 3.29. The van der Waals surface area contributed by atoms with Gasteiger partial charge in [0, 0.05) is 18.0 Å². The first-order valence-corrected chi connectivity index (χ1v) is 4.95. The Labute approximate surface area is 81.6 Å². The molecule has 1 heterocycles. The molecule has 0 radical (unpaired) electrons. The summed E-state index contributed by atoms with van der Waals surface area (Å²) in [4.78, 5) is 15.3. The molecule has 0 saturated heterocycles. The van der Waals surface area contributed by atoms with Crippen LogP contribution in [0.4, 0.5) is 5.13 Å². The van der Waals surface area contributed by atoms with E-state index in [-0.39, 0.29) is 5.91 Å². The molecule has 1 aromatic rings. The van der Waals surface area contributed by atoms with Crippen molar-refractivity contribution in [2.45, 2.75) is 27.2 Å². The van der Waals surface area contributed by atoms with E-state index in [1.807, 2.05) is 13.8 Å². The van der Waals surface area contributed by atoms with Crippen molar-refractivity contribution in [1.29, 1.82) is 0 Å². The number of amides is 1. The summed E-state index contributed by atoms with van der Waals surface area (Å²) in [5, 5.41) is 3.29. The average molecular weight is 199 g/mol. The van der Waals surface area contributed by atoms with E-state index in [9.17, 15) is 4.79 Å². The molecule has 0 aliphatic carbocycles. The van der Waals surface area contributed by atoms with Crippen molar-refractivity contribution in [3.63, 3.8) is 0 Å². The van der Waals surface area contributed by atoms with Crippen LogP contribution < -0.4 is 5.32 Å². The molecule has 0 aliphatic rings. The lowest BCUT2D eigenvalue weighted by molar-refractivity contribution is -0.116. The molecule has 0 aromatic carbocycles. The van der Waals surface area contributed by atoms with Crippen molar-refractivity contribution >= 4 is 22.6 Å². The Balaban J connectivity index is 2.45. The van der Waals surface area contributed by atoms with Crippen LogP contribution in [0.25, 0.3) is 0 Å². The number of nitrogens with one attached hydrogen (secondary N) is 1. The minimum absolute atomic E-state index is 0.00569. The van der Waals surface area contributed by atoms with E-state index in [0.29, 0.717) is 23.3 Å². The average Bonchev–Trinajstić information content (AvgIpc) is 2.33. The Morgan fingerprint density at radius 3 is 2.77 bits per heavy atom. The van der Waals surface area contributed by atoms with Crippen LogP contribution in [0, 0.1) is 12.8 Å². The van der Waals surface area contributed by atoms with E-state index in [2.05, 4.69) is 14.7 Å². The van der Waals surface area contributed by atoms with Crippen LogP contribution >= 0.6 is 11.5 Å². The minimum Gasteiger partial charge on any atom is -0.301 e. The number of rotatable bonds is 3. The van der Waals surface area contributed by atoms with Crippen LogP contribution in [0.2, 0.25) is 0 Å². The smallest absolute Gasteiger partial charge is 0.226 e. The van der Waals surface area contributed by atoms with Crippen LogP contribution in [0.5, 0.6) is 0 Å². The molecule has 72 valence electrons. The fraction of sp³-hybridized carbons (Fsp3) is 0.625. The number of carbonyl (C=O) groups excluding carboxylic acids is 1. The molecule has 4 nitrogen and oxygen atoms in total. The Kier molecular flexibility index (Phi) is 3.36. The molecule has 1 rings (SSSR count). The van der Waals surface area contributed by atoms with Crippen molar-refractivity contribution < 1.29 is 4.79 Å². The van der Waals surface area contributed by atoms with E-state index < -0.39 is 0 Å². The number of carbonyl (C=O) groups is 1. The van der Waals surface area contributed by atoms with E-state index in [0.717, 1.165) is 0 Å². The van der Waals surface area contributed by atoms with Gasteiger partial charge in [0.05, 0.1) is 0 Å². The molecule has 0 spiro atoms. The van der Waals surface area contributed by atoms with Crippen molar-refractivity contribution in [3.05, 3.63) is 5.82 Å². The third-order valence-corrected chi connectivity index (χ3v) is 2.09. The quantitative estimate of drug-likeness (QED) is 0.808. The van der Waals surface area contributed by atoms with Crippen LogP contribution in [-0.4, -0.2) is 15.3 Å². The molecule has 0 unspecified atom stereocenters. The van der Waals surface area contributed by atoms with Gasteiger partial charge >= 0.3 is 0 Å². The predicted octanol–water partition coefficient (Wildman–Crippen LogP) is 1.83. The van der Waals surface area contributed by atoms with Gasteiger partial charge in [-0.1, -0.05) is 13.8 Å². The van der Waals surface area contributed by atoms with E-state index >= 15 is 0 Å². The van der Waals surface area contributed by atoms with Gasteiger partial charge in [0.1, 0.15) is 5.82 Å². The lowest BCUT2D eigenvalue weighted by atomic mass is 10.1. The zero-order chi connectivity index (χ0) is 9.84. The van der Waals surface area contributed by atoms with Gasteiger partial charge in [-0.05, 0) is 12.8 Å². The van der Waals surface area contributed by atoms with Gasteiger partial charge in [0.15, 0.2) is 0 Å². The maximum atomic E-state index is 11.3. The number of aromatic nitrogens is 2. The van der Waals surface area contributed by atoms with Gasteiger partial charge in [-0.2, -0.15) is 4.37 Å². The van der Waals surface area contributed by atoms with E-state index in [1.54, 1.807) is 6.92 Å². The highest BCUT2D eigenvalue weighted by atomic mass is 32.1. The lowest BCUT2D eigenvalue weighted by Crippen LogP contribution is -2.13. The third kappa shape index (κ3) is 3.50. The predicted molar refractivity (Wildman–Crippen MR) is 52.7 cm³/mol. The maximum absolute atomic E-state index is 11.3. The van der Waals surface area contributed by atoms with Gasteiger partial charge in [-0.3, -0.25) is 4.79 Å². The standard InChI is InChI=1S/C8H13N3OS/c1-5(2)4-7(12)10-8-9-6(3)11-13-8/h5H,4H2,1-3H3,(H,9,10,11,12). The Hall–Kier alpha value is -0.970. The number of hydrogen-bond donors (Lipinski definition) is 1. The number of aryl methyl sites for hydroxylation is 1. The highest BCUT2D eigenvalue weighted by molar-refractivity contribution is 7.09. The number of anilines is 1. The van der Waals surface area contributed by atoms with Crippen molar-refractivity contribution in [2.75, 3.05) is 5.32 Å². The molecule has 0 saturated carbocycles. The summed E-state index contributed by atoms with van der Waals surface area (Å²) in [6.45, 7) is 5.81. The molecule has 5 heteroatoms. The number of nitrogens with zero attached hydrogens (tertiary/aromatic N) is 2. The SMILES string of the molecule is Cc1nsc(NC(=O)CC(C)C)n1. The third-order valence-electron chi connectivity index (χ3n) is 1.37. The number of hydrogen-bond acceptors (Lipinski definition) is 4. The topological polar surface area (TPSA) is 54.9 Å². The van der Waals surface area contributed by atoms with Gasteiger partial charge in [0.25, 0.3) is 0 Å². The summed E-state index contributed by atoms with van der Waals surface area (Å²) < 4.78 is 3.96. The fourth-order valence-electron chi connectivity index (χ4n) is 0.889. The molecule has 1 amide bonds. The van der Waals surface area contributed by atoms with Crippen LogP contribution in [0.15, 0.2) is 0 Å². The summed E-state index contributed by atoms with van der Waals surface area (Å²) in [6, 6.07) is 0. The minimum atomic E-state index is 0.00569. The van der Waals surface area contributed by atoms with Gasteiger partial charge in [-0.25, -0.2) is 4.98 Å². The molecule has 0 aliphatic heterocycles. The van der Waals surface area contributed by atoms with E-state index in [1.165, 1.54) is 11.5 Å². The molecule has 1 N–H and O–H groups in total. The monoisotopic (exact) mass is 199 g/mol. The normalized spacial score (nSPS) is 10.5. The van der Waals surface area contributed by atoms with E-state index in [4.69, 9.17) is 0 Å². The Bertz CT molecular complexity index is 295. The fourth-order valence-corrected chi connectivity index (χ4v) is 1.48.